The molecule has 2 N–H and O–H groups in total. The fraction of sp³-hybridized carbons (Fsp3) is 0.364. The van der Waals surface area contributed by atoms with E-state index in [1.54, 1.807) is 0 Å². The Hall–Kier alpha value is -2.62. The molecule has 0 aromatic heterocycles. The molecule has 0 radical (unpaired) electrons. The number of fused-ring (bicyclic) bond motifs is 1. The van der Waals surface area contributed by atoms with Crippen LogP contribution < -0.4 is 10.6 Å². The molecule has 3 rings (SSSR count). The van der Waals surface area contributed by atoms with Crippen molar-refractivity contribution in [2.45, 2.75) is 52.0 Å². The van der Waals surface area contributed by atoms with Gasteiger partial charge >= 0.3 is 0 Å². The van der Waals surface area contributed by atoms with Crippen molar-refractivity contribution in [2.75, 3.05) is 5.32 Å². The Morgan fingerprint density at radius 2 is 1.69 bits per heavy atom. The standard InChI is InChI=1S/C22H26N2O2/c1-15(19-10-9-18-5-3-4-6-20(18)14-19)23-22(26)13-17-7-11-21(12-8-17)24-16(2)25/h7-12,14-15H,3-6,13H2,1-2H3,(H,23,26)(H,24,25). The molecule has 0 heterocycles. The molecule has 0 spiro atoms. The highest BCUT2D eigenvalue weighted by Gasteiger charge is 2.14. The third-order valence-corrected chi connectivity index (χ3v) is 4.89. The third kappa shape index (κ3) is 4.72. The van der Waals surface area contributed by atoms with Crippen molar-refractivity contribution >= 4 is 17.5 Å². The van der Waals surface area contributed by atoms with Gasteiger partial charge in [-0.05, 0) is 67.0 Å². The molecule has 0 bridgehead atoms. The maximum Gasteiger partial charge on any atom is 0.224 e. The smallest absolute Gasteiger partial charge is 0.224 e. The van der Waals surface area contributed by atoms with Crippen LogP contribution in [0.25, 0.3) is 0 Å². The summed E-state index contributed by atoms with van der Waals surface area (Å²) < 4.78 is 0. The minimum Gasteiger partial charge on any atom is -0.349 e. The SMILES string of the molecule is CC(=O)Nc1ccc(CC(=O)NC(C)c2ccc3c(c2)CCCC3)cc1. The van der Waals surface area contributed by atoms with Gasteiger partial charge in [0.2, 0.25) is 11.8 Å². The van der Waals surface area contributed by atoms with Crippen LogP contribution in [0.3, 0.4) is 0 Å². The highest BCUT2D eigenvalue weighted by molar-refractivity contribution is 5.88. The maximum absolute atomic E-state index is 12.4. The second-order valence-corrected chi connectivity index (χ2v) is 7.08. The Morgan fingerprint density at radius 3 is 2.38 bits per heavy atom. The zero-order chi connectivity index (χ0) is 18.5. The molecule has 0 saturated heterocycles. The molecule has 4 nitrogen and oxygen atoms in total. The van der Waals surface area contributed by atoms with Gasteiger partial charge in [0, 0.05) is 12.6 Å². The van der Waals surface area contributed by atoms with E-state index in [1.165, 1.54) is 42.9 Å². The van der Waals surface area contributed by atoms with Gasteiger partial charge in [-0.25, -0.2) is 0 Å². The van der Waals surface area contributed by atoms with Gasteiger partial charge in [-0.1, -0.05) is 30.3 Å². The minimum absolute atomic E-state index is 0.00231. The third-order valence-electron chi connectivity index (χ3n) is 4.89. The molecule has 4 heteroatoms. The van der Waals surface area contributed by atoms with Crippen molar-refractivity contribution in [3.63, 3.8) is 0 Å². The average molecular weight is 350 g/mol. The van der Waals surface area contributed by atoms with Crippen LogP contribution in [0.15, 0.2) is 42.5 Å². The Kier molecular flexibility index (Phi) is 5.71. The summed E-state index contributed by atoms with van der Waals surface area (Å²) in [6.45, 7) is 3.51. The summed E-state index contributed by atoms with van der Waals surface area (Å²) in [5, 5.41) is 5.81. The van der Waals surface area contributed by atoms with E-state index in [4.69, 9.17) is 0 Å². The molecule has 0 fully saturated rings. The number of hydrogen-bond donors (Lipinski definition) is 2. The van der Waals surface area contributed by atoms with Gasteiger partial charge in [-0.3, -0.25) is 9.59 Å². The van der Waals surface area contributed by atoms with Crippen LogP contribution >= 0.6 is 0 Å². The lowest BCUT2D eigenvalue weighted by molar-refractivity contribution is -0.121. The maximum atomic E-state index is 12.4. The molecule has 26 heavy (non-hydrogen) atoms. The highest BCUT2D eigenvalue weighted by Crippen LogP contribution is 2.24. The van der Waals surface area contributed by atoms with Crippen molar-refractivity contribution < 1.29 is 9.59 Å². The van der Waals surface area contributed by atoms with Crippen LogP contribution in [0, 0.1) is 0 Å². The van der Waals surface area contributed by atoms with Crippen LogP contribution in [-0.2, 0) is 28.9 Å². The average Bonchev–Trinajstić information content (AvgIpc) is 2.62. The monoisotopic (exact) mass is 350 g/mol. The Bertz CT molecular complexity index is 796. The summed E-state index contributed by atoms with van der Waals surface area (Å²) in [6.07, 6.45) is 5.18. The van der Waals surface area contributed by atoms with Crippen LogP contribution in [0.1, 0.15) is 55.0 Å². The molecule has 0 aliphatic heterocycles. The number of carbonyl (C=O) groups is 2. The van der Waals surface area contributed by atoms with Gasteiger partial charge in [-0.15, -0.1) is 0 Å². The van der Waals surface area contributed by atoms with E-state index < -0.39 is 0 Å². The number of anilines is 1. The highest BCUT2D eigenvalue weighted by atomic mass is 16.2. The fourth-order valence-corrected chi connectivity index (χ4v) is 3.49. The van der Waals surface area contributed by atoms with Crippen molar-refractivity contribution in [3.05, 3.63) is 64.7 Å². The largest absolute Gasteiger partial charge is 0.349 e. The van der Waals surface area contributed by atoms with Crippen LogP contribution in [-0.4, -0.2) is 11.8 Å². The summed E-state index contributed by atoms with van der Waals surface area (Å²) in [5.41, 5.74) is 5.72. The van der Waals surface area contributed by atoms with Crippen molar-refractivity contribution in [3.8, 4) is 0 Å². The summed E-state index contributed by atoms with van der Waals surface area (Å²) in [7, 11) is 0. The number of aryl methyl sites for hydroxylation is 2. The van der Waals surface area contributed by atoms with Gasteiger partial charge < -0.3 is 10.6 Å². The molecule has 2 aromatic carbocycles. The number of amides is 2. The Balaban J connectivity index is 1.58. The van der Waals surface area contributed by atoms with Gasteiger partial charge in [0.25, 0.3) is 0 Å². The topological polar surface area (TPSA) is 58.2 Å². The van der Waals surface area contributed by atoms with Crippen LogP contribution in [0.5, 0.6) is 0 Å². The predicted molar refractivity (Wildman–Crippen MR) is 104 cm³/mol. The number of carbonyl (C=O) groups excluding carboxylic acids is 2. The number of rotatable bonds is 5. The normalized spacial score (nSPS) is 14.2. The molecule has 1 aliphatic carbocycles. The minimum atomic E-state index is -0.102. The second kappa shape index (κ2) is 8.17. The van der Waals surface area contributed by atoms with E-state index in [2.05, 4.69) is 28.8 Å². The quantitative estimate of drug-likeness (QED) is 0.858. The molecular formula is C22H26N2O2. The van der Waals surface area contributed by atoms with E-state index in [-0.39, 0.29) is 17.9 Å². The van der Waals surface area contributed by atoms with E-state index in [0.29, 0.717) is 6.42 Å². The zero-order valence-corrected chi connectivity index (χ0v) is 15.5. The number of hydrogen-bond acceptors (Lipinski definition) is 2. The first kappa shape index (κ1) is 18.2. The van der Waals surface area contributed by atoms with Crippen molar-refractivity contribution in [1.29, 1.82) is 0 Å². The molecule has 0 saturated carbocycles. The van der Waals surface area contributed by atoms with E-state index in [1.807, 2.05) is 31.2 Å². The van der Waals surface area contributed by atoms with Gasteiger partial charge in [-0.2, -0.15) is 0 Å². The number of nitrogens with one attached hydrogen (secondary N) is 2. The molecule has 2 aromatic rings. The molecule has 1 atom stereocenters. The fourth-order valence-electron chi connectivity index (χ4n) is 3.49. The molecule has 1 aliphatic rings. The summed E-state index contributed by atoms with van der Waals surface area (Å²) >= 11 is 0. The summed E-state index contributed by atoms with van der Waals surface area (Å²) in [4.78, 5) is 23.4. The van der Waals surface area contributed by atoms with Crippen molar-refractivity contribution in [2.24, 2.45) is 0 Å². The Labute approximate surface area is 155 Å². The van der Waals surface area contributed by atoms with Gasteiger partial charge in [0.05, 0.1) is 12.5 Å². The lowest BCUT2D eigenvalue weighted by Gasteiger charge is -2.20. The Morgan fingerprint density at radius 1 is 1.00 bits per heavy atom. The van der Waals surface area contributed by atoms with E-state index >= 15 is 0 Å². The van der Waals surface area contributed by atoms with Crippen molar-refractivity contribution in [1.82, 2.24) is 5.32 Å². The lowest BCUT2D eigenvalue weighted by atomic mass is 9.89. The predicted octanol–water partition coefficient (Wildman–Crippen LogP) is 3.94. The molecule has 1 unspecified atom stereocenters. The first-order valence-electron chi connectivity index (χ1n) is 9.29. The first-order chi connectivity index (χ1) is 12.5. The first-order valence-corrected chi connectivity index (χ1v) is 9.29. The summed E-state index contributed by atoms with van der Waals surface area (Å²) in [6, 6.07) is 14.0. The zero-order valence-electron chi connectivity index (χ0n) is 15.5. The second-order valence-electron chi connectivity index (χ2n) is 7.08. The summed E-state index contributed by atoms with van der Waals surface area (Å²) in [5.74, 6) is -0.100. The molecule has 136 valence electrons. The molecule has 2 amide bonds. The van der Waals surface area contributed by atoms with Gasteiger partial charge in [0.1, 0.15) is 0 Å². The lowest BCUT2D eigenvalue weighted by Crippen LogP contribution is -2.28. The number of benzene rings is 2. The molecular weight excluding hydrogens is 324 g/mol. The van der Waals surface area contributed by atoms with Crippen LogP contribution in [0.2, 0.25) is 0 Å². The van der Waals surface area contributed by atoms with Crippen LogP contribution in [0.4, 0.5) is 5.69 Å². The van der Waals surface area contributed by atoms with Gasteiger partial charge in [0.15, 0.2) is 0 Å². The van der Waals surface area contributed by atoms with E-state index in [9.17, 15) is 9.59 Å². The van der Waals surface area contributed by atoms with E-state index in [0.717, 1.165) is 17.7 Å².